The average molecular weight is 258 g/mol. The average Bonchev–Trinajstić information content (AvgIpc) is 2.33. The van der Waals surface area contributed by atoms with Gasteiger partial charge in [0.15, 0.2) is 0 Å². The summed E-state index contributed by atoms with van der Waals surface area (Å²) in [5, 5.41) is 1.20. The zero-order valence-electron chi connectivity index (χ0n) is 9.26. The fourth-order valence-electron chi connectivity index (χ4n) is 2.49. The maximum Gasteiger partial charge on any atom is 0.0595 e. The quantitative estimate of drug-likeness (QED) is 0.825. The number of benzene rings is 1. The van der Waals surface area contributed by atoms with Crippen molar-refractivity contribution in [1.82, 2.24) is 0 Å². The second-order valence-electron chi connectivity index (χ2n) is 4.60. The Morgan fingerprint density at radius 2 is 1.75 bits per heavy atom. The van der Waals surface area contributed by atoms with Crippen LogP contribution in [0.3, 0.4) is 0 Å². The lowest BCUT2D eigenvalue weighted by Gasteiger charge is -2.27. The van der Waals surface area contributed by atoms with Gasteiger partial charge in [0.1, 0.15) is 0 Å². The topological polar surface area (TPSA) is 26.0 Å². The summed E-state index contributed by atoms with van der Waals surface area (Å²) < 4.78 is 0. The van der Waals surface area contributed by atoms with Gasteiger partial charge >= 0.3 is 0 Å². The van der Waals surface area contributed by atoms with E-state index in [1.165, 1.54) is 32.1 Å². The molecule has 1 nitrogen and oxygen atoms in total. The summed E-state index contributed by atoms with van der Waals surface area (Å²) in [5.41, 5.74) is 7.40. The molecule has 0 bridgehead atoms. The summed E-state index contributed by atoms with van der Waals surface area (Å²) in [7, 11) is 0. The van der Waals surface area contributed by atoms with Crippen molar-refractivity contribution in [3.05, 3.63) is 33.8 Å². The molecule has 1 aliphatic carbocycles. The van der Waals surface area contributed by atoms with Gasteiger partial charge in [-0.05, 0) is 36.5 Å². The Morgan fingerprint density at radius 3 is 2.38 bits per heavy atom. The van der Waals surface area contributed by atoms with Crippen molar-refractivity contribution in [3.8, 4) is 0 Å². The van der Waals surface area contributed by atoms with Gasteiger partial charge in [-0.2, -0.15) is 0 Å². The molecule has 0 saturated heterocycles. The summed E-state index contributed by atoms with van der Waals surface area (Å²) in [6, 6.07) is 5.84. The van der Waals surface area contributed by atoms with Crippen LogP contribution in [0.15, 0.2) is 18.2 Å². The molecular formula is C13H17Cl2N. The molecule has 1 aromatic rings. The summed E-state index contributed by atoms with van der Waals surface area (Å²) in [5.74, 6) is 0.603. The maximum absolute atomic E-state index is 6.29. The first-order valence-electron chi connectivity index (χ1n) is 5.89. The molecule has 2 rings (SSSR count). The van der Waals surface area contributed by atoms with E-state index < -0.39 is 0 Å². The lowest BCUT2D eigenvalue weighted by Crippen LogP contribution is -2.23. The molecule has 3 heteroatoms. The second-order valence-corrected chi connectivity index (χ2v) is 5.41. The van der Waals surface area contributed by atoms with Crippen LogP contribution in [0.2, 0.25) is 10.0 Å². The van der Waals surface area contributed by atoms with Crippen LogP contribution in [0.25, 0.3) is 0 Å². The highest BCUT2D eigenvalue weighted by Crippen LogP contribution is 2.34. The number of hydrogen-bond donors (Lipinski definition) is 1. The Bertz CT molecular complexity index is 359. The largest absolute Gasteiger partial charge is 0.324 e. The van der Waals surface area contributed by atoms with Crippen molar-refractivity contribution < 1.29 is 0 Å². The van der Waals surface area contributed by atoms with E-state index in [4.69, 9.17) is 28.9 Å². The number of hydrogen-bond acceptors (Lipinski definition) is 1. The van der Waals surface area contributed by atoms with Gasteiger partial charge in [0.05, 0.1) is 10.0 Å². The predicted octanol–water partition coefficient (Wildman–Crippen LogP) is 4.57. The third-order valence-electron chi connectivity index (χ3n) is 3.49. The van der Waals surface area contributed by atoms with Gasteiger partial charge in [0, 0.05) is 6.04 Å². The fourth-order valence-corrected chi connectivity index (χ4v) is 2.79. The molecule has 0 radical (unpaired) electrons. The fraction of sp³-hybridized carbons (Fsp3) is 0.538. The van der Waals surface area contributed by atoms with Crippen molar-refractivity contribution in [2.75, 3.05) is 0 Å². The van der Waals surface area contributed by atoms with Crippen LogP contribution in [0, 0.1) is 5.92 Å². The van der Waals surface area contributed by atoms with Crippen LogP contribution in [0.1, 0.15) is 43.7 Å². The molecule has 2 N–H and O–H groups in total. The minimum absolute atomic E-state index is 0.107. The monoisotopic (exact) mass is 257 g/mol. The molecule has 0 unspecified atom stereocenters. The molecule has 1 aromatic carbocycles. The van der Waals surface area contributed by atoms with E-state index in [-0.39, 0.29) is 6.04 Å². The molecule has 0 aliphatic heterocycles. The van der Waals surface area contributed by atoms with Crippen molar-refractivity contribution in [2.24, 2.45) is 11.7 Å². The first-order valence-corrected chi connectivity index (χ1v) is 6.64. The lowest BCUT2D eigenvalue weighted by molar-refractivity contribution is 0.308. The molecule has 0 heterocycles. The molecule has 88 valence electrons. The highest BCUT2D eigenvalue weighted by atomic mass is 35.5. The van der Waals surface area contributed by atoms with Crippen LogP contribution in [0.4, 0.5) is 0 Å². The maximum atomic E-state index is 6.29. The first-order chi connectivity index (χ1) is 7.68. The summed E-state index contributed by atoms with van der Waals surface area (Å²) in [6.07, 6.45) is 6.44. The molecular weight excluding hydrogens is 241 g/mol. The number of rotatable bonds is 2. The predicted molar refractivity (Wildman–Crippen MR) is 70.0 cm³/mol. The van der Waals surface area contributed by atoms with Gasteiger partial charge in [-0.3, -0.25) is 0 Å². The highest BCUT2D eigenvalue weighted by molar-refractivity contribution is 6.42. The first kappa shape index (κ1) is 12.2. The van der Waals surface area contributed by atoms with Crippen LogP contribution in [0.5, 0.6) is 0 Å². The Labute approximate surface area is 107 Å². The summed E-state index contributed by atoms with van der Waals surface area (Å²) >= 11 is 11.9. The smallest absolute Gasteiger partial charge is 0.0595 e. The van der Waals surface area contributed by atoms with E-state index in [1.54, 1.807) is 0 Å². The van der Waals surface area contributed by atoms with E-state index in [0.29, 0.717) is 16.0 Å². The van der Waals surface area contributed by atoms with Crippen molar-refractivity contribution in [2.45, 2.75) is 38.1 Å². The Morgan fingerprint density at radius 1 is 1.06 bits per heavy atom. The van der Waals surface area contributed by atoms with Gasteiger partial charge in [-0.15, -0.1) is 0 Å². The zero-order valence-corrected chi connectivity index (χ0v) is 10.8. The van der Waals surface area contributed by atoms with E-state index >= 15 is 0 Å². The third-order valence-corrected chi connectivity index (χ3v) is 4.23. The standard InChI is InChI=1S/C13H17Cl2N/c14-11-7-6-10(8-12(11)15)13(16)9-4-2-1-3-5-9/h6-9,13H,1-5,16H2/t13-/m1/s1. The van der Waals surface area contributed by atoms with Crippen LogP contribution in [-0.4, -0.2) is 0 Å². The van der Waals surface area contributed by atoms with E-state index in [2.05, 4.69) is 0 Å². The van der Waals surface area contributed by atoms with E-state index in [0.717, 1.165) is 5.56 Å². The number of halogens is 2. The SMILES string of the molecule is N[C@@H](c1ccc(Cl)c(Cl)c1)C1CCCCC1. The molecule has 1 saturated carbocycles. The van der Waals surface area contributed by atoms with Crippen molar-refractivity contribution >= 4 is 23.2 Å². The lowest BCUT2D eigenvalue weighted by atomic mass is 9.81. The summed E-state index contributed by atoms with van der Waals surface area (Å²) in [4.78, 5) is 0. The normalized spacial score (nSPS) is 19.7. The van der Waals surface area contributed by atoms with Crippen LogP contribution < -0.4 is 5.73 Å². The summed E-state index contributed by atoms with van der Waals surface area (Å²) in [6.45, 7) is 0. The van der Waals surface area contributed by atoms with Gasteiger partial charge in [0.25, 0.3) is 0 Å². The molecule has 0 amide bonds. The molecule has 1 aliphatic rings. The molecule has 1 fully saturated rings. The minimum atomic E-state index is 0.107. The Kier molecular flexibility index (Phi) is 4.12. The number of nitrogens with two attached hydrogens (primary N) is 1. The van der Waals surface area contributed by atoms with Gasteiger partial charge in [-0.1, -0.05) is 48.5 Å². The molecule has 0 spiro atoms. The highest BCUT2D eigenvalue weighted by Gasteiger charge is 2.22. The molecule has 1 atom stereocenters. The Hall–Kier alpha value is -0.240. The van der Waals surface area contributed by atoms with Crippen LogP contribution >= 0.6 is 23.2 Å². The Balaban J connectivity index is 2.12. The zero-order chi connectivity index (χ0) is 11.5. The van der Waals surface area contributed by atoms with Crippen LogP contribution in [-0.2, 0) is 0 Å². The third kappa shape index (κ3) is 2.71. The van der Waals surface area contributed by atoms with Crippen molar-refractivity contribution in [1.29, 1.82) is 0 Å². The van der Waals surface area contributed by atoms with Crippen molar-refractivity contribution in [3.63, 3.8) is 0 Å². The van der Waals surface area contributed by atoms with E-state index in [1.807, 2.05) is 18.2 Å². The molecule has 16 heavy (non-hydrogen) atoms. The minimum Gasteiger partial charge on any atom is -0.324 e. The van der Waals surface area contributed by atoms with Gasteiger partial charge in [-0.25, -0.2) is 0 Å². The van der Waals surface area contributed by atoms with Gasteiger partial charge < -0.3 is 5.73 Å². The van der Waals surface area contributed by atoms with Gasteiger partial charge in [0.2, 0.25) is 0 Å². The van der Waals surface area contributed by atoms with E-state index in [9.17, 15) is 0 Å². The second kappa shape index (κ2) is 5.39. The molecule has 0 aromatic heterocycles.